The van der Waals surface area contributed by atoms with Crippen LogP contribution < -0.4 is 11.1 Å². The standard InChI is InChI=1S/C14H17FN4O/c1-14(2,16)8-17-13(20)11-7-18-19-12(11)9-3-5-10(15)6-4-9/h3-7H,8,16H2,1-2H3,(H,17,20)(H,18,19). The van der Waals surface area contributed by atoms with Crippen LogP contribution in [0.1, 0.15) is 24.2 Å². The average Bonchev–Trinajstić information content (AvgIpc) is 2.85. The Hall–Kier alpha value is -2.21. The molecule has 1 aromatic heterocycles. The summed E-state index contributed by atoms with van der Waals surface area (Å²) in [6.45, 7) is 3.99. The quantitative estimate of drug-likeness (QED) is 0.794. The van der Waals surface area contributed by atoms with E-state index in [2.05, 4.69) is 15.5 Å². The Morgan fingerprint density at radius 3 is 2.65 bits per heavy atom. The summed E-state index contributed by atoms with van der Waals surface area (Å²) in [6.07, 6.45) is 1.44. The van der Waals surface area contributed by atoms with Gasteiger partial charge in [-0.25, -0.2) is 4.39 Å². The summed E-state index contributed by atoms with van der Waals surface area (Å²) in [4.78, 5) is 12.1. The fraction of sp³-hybridized carbons (Fsp3) is 0.286. The number of H-pyrrole nitrogens is 1. The van der Waals surface area contributed by atoms with Crippen molar-refractivity contribution in [1.29, 1.82) is 0 Å². The summed E-state index contributed by atoms with van der Waals surface area (Å²) in [5.41, 5.74) is 6.98. The monoisotopic (exact) mass is 276 g/mol. The second-order valence-corrected chi connectivity index (χ2v) is 5.34. The molecule has 0 atom stereocenters. The SMILES string of the molecule is CC(C)(N)CNC(=O)c1cn[nH]c1-c1ccc(F)cc1. The third-order valence-electron chi connectivity index (χ3n) is 2.72. The molecule has 0 radical (unpaired) electrons. The van der Waals surface area contributed by atoms with Gasteiger partial charge in [0.2, 0.25) is 0 Å². The van der Waals surface area contributed by atoms with Crippen molar-refractivity contribution >= 4 is 5.91 Å². The van der Waals surface area contributed by atoms with Crippen molar-refractivity contribution in [3.05, 3.63) is 41.8 Å². The molecule has 2 aromatic rings. The summed E-state index contributed by atoms with van der Waals surface area (Å²) in [7, 11) is 0. The third-order valence-corrected chi connectivity index (χ3v) is 2.72. The number of nitrogens with two attached hydrogens (primary N) is 1. The van der Waals surface area contributed by atoms with Crippen LogP contribution in [0.5, 0.6) is 0 Å². The highest BCUT2D eigenvalue weighted by atomic mass is 19.1. The second-order valence-electron chi connectivity index (χ2n) is 5.34. The molecule has 6 heteroatoms. The zero-order chi connectivity index (χ0) is 14.8. The summed E-state index contributed by atoms with van der Waals surface area (Å²) >= 11 is 0. The van der Waals surface area contributed by atoms with Crippen molar-refractivity contribution < 1.29 is 9.18 Å². The fourth-order valence-electron chi connectivity index (χ4n) is 1.70. The minimum absolute atomic E-state index is 0.267. The van der Waals surface area contributed by atoms with Crippen LogP contribution in [-0.4, -0.2) is 28.2 Å². The molecule has 1 amide bonds. The molecule has 0 aliphatic carbocycles. The highest BCUT2D eigenvalue weighted by Gasteiger charge is 2.18. The third kappa shape index (κ3) is 3.42. The number of aromatic amines is 1. The number of amides is 1. The Labute approximate surface area is 116 Å². The van der Waals surface area contributed by atoms with Crippen LogP contribution in [0.3, 0.4) is 0 Å². The van der Waals surface area contributed by atoms with Crippen LogP contribution in [0, 0.1) is 5.82 Å². The summed E-state index contributed by atoms with van der Waals surface area (Å²) in [5, 5.41) is 9.38. The summed E-state index contributed by atoms with van der Waals surface area (Å²) in [5.74, 6) is -0.597. The fourth-order valence-corrected chi connectivity index (χ4v) is 1.70. The van der Waals surface area contributed by atoms with Crippen molar-refractivity contribution in [1.82, 2.24) is 15.5 Å². The van der Waals surface area contributed by atoms with Gasteiger partial charge >= 0.3 is 0 Å². The van der Waals surface area contributed by atoms with Gasteiger partial charge in [-0.1, -0.05) is 0 Å². The Bertz CT molecular complexity index is 598. The van der Waals surface area contributed by atoms with Gasteiger partial charge < -0.3 is 11.1 Å². The van der Waals surface area contributed by atoms with Gasteiger partial charge in [-0.2, -0.15) is 5.10 Å². The molecule has 1 heterocycles. The first-order chi connectivity index (χ1) is 9.37. The van der Waals surface area contributed by atoms with Gasteiger partial charge in [0.1, 0.15) is 5.82 Å². The van der Waals surface area contributed by atoms with Crippen LogP contribution in [0.4, 0.5) is 4.39 Å². The number of nitrogens with one attached hydrogen (secondary N) is 2. The molecule has 4 N–H and O–H groups in total. The van der Waals surface area contributed by atoms with E-state index in [1.165, 1.54) is 18.3 Å². The van der Waals surface area contributed by atoms with E-state index in [0.717, 1.165) is 0 Å². The van der Waals surface area contributed by atoms with Crippen LogP contribution in [0.25, 0.3) is 11.3 Å². The molecule has 20 heavy (non-hydrogen) atoms. The van der Waals surface area contributed by atoms with E-state index in [9.17, 15) is 9.18 Å². The largest absolute Gasteiger partial charge is 0.350 e. The number of carbonyl (C=O) groups excluding carboxylic acids is 1. The predicted octanol–water partition coefficient (Wildman–Crippen LogP) is 1.68. The van der Waals surface area contributed by atoms with Crippen LogP contribution >= 0.6 is 0 Å². The second kappa shape index (κ2) is 5.42. The lowest BCUT2D eigenvalue weighted by atomic mass is 10.1. The van der Waals surface area contributed by atoms with E-state index < -0.39 is 5.54 Å². The zero-order valence-corrected chi connectivity index (χ0v) is 11.4. The first-order valence-corrected chi connectivity index (χ1v) is 6.23. The first-order valence-electron chi connectivity index (χ1n) is 6.23. The molecular formula is C14H17FN4O. The zero-order valence-electron chi connectivity index (χ0n) is 11.4. The van der Waals surface area contributed by atoms with Gasteiger partial charge in [0, 0.05) is 17.6 Å². The summed E-state index contributed by atoms with van der Waals surface area (Å²) in [6, 6.07) is 5.85. The molecule has 0 bridgehead atoms. The van der Waals surface area contributed by atoms with Gasteiger partial charge in [0.25, 0.3) is 5.91 Å². The molecule has 0 spiro atoms. The molecule has 1 aromatic carbocycles. The maximum atomic E-state index is 12.9. The number of hydrogen-bond acceptors (Lipinski definition) is 3. The minimum Gasteiger partial charge on any atom is -0.350 e. The Morgan fingerprint density at radius 1 is 1.40 bits per heavy atom. The molecule has 0 saturated carbocycles. The van der Waals surface area contributed by atoms with E-state index in [4.69, 9.17) is 5.73 Å². The van der Waals surface area contributed by atoms with E-state index in [1.807, 2.05) is 13.8 Å². The normalized spacial score (nSPS) is 11.4. The lowest BCUT2D eigenvalue weighted by Gasteiger charge is -2.18. The predicted molar refractivity (Wildman–Crippen MR) is 74.6 cm³/mol. The molecule has 0 aliphatic rings. The average molecular weight is 276 g/mol. The Kier molecular flexibility index (Phi) is 3.85. The van der Waals surface area contributed by atoms with Gasteiger partial charge in [-0.15, -0.1) is 0 Å². The van der Waals surface area contributed by atoms with Crippen molar-refractivity contribution in [2.24, 2.45) is 5.73 Å². The molecule has 2 rings (SSSR count). The lowest BCUT2D eigenvalue weighted by molar-refractivity contribution is 0.0947. The van der Waals surface area contributed by atoms with Gasteiger partial charge in [0.05, 0.1) is 17.5 Å². The van der Waals surface area contributed by atoms with E-state index >= 15 is 0 Å². The molecule has 106 valence electrons. The van der Waals surface area contributed by atoms with Crippen molar-refractivity contribution in [3.63, 3.8) is 0 Å². The number of halogens is 1. The highest BCUT2D eigenvalue weighted by Crippen LogP contribution is 2.21. The van der Waals surface area contributed by atoms with Gasteiger partial charge in [-0.05, 0) is 38.1 Å². The topological polar surface area (TPSA) is 83.8 Å². The van der Waals surface area contributed by atoms with Gasteiger partial charge in [-0.3, -0.25) is 9.89 Å². The molecule has 0 aliphatic heterocycles. The number of hydrogen-bond donors (Lipinski definition) is 3. The minimum atomic E-state index is -0.491. The number of benzene rings is 1. The van der Waals surface area contributed by atoms with E-state index in [-0.39, 0.29) is 11.7 Å². The van der Waals surface area contributed by atoms with Crippen molar-refractivity contribution in [2.45, 2.75) is 19.4 Å². The highest BCUT2D eigenvalue weighted by molar-refractivity contribution is 5.99. The molecule has 5 nitrogen and oxygen atoms in total. The van der Waals surface area contributed by atoms with E-state index in [1.54, 1.807) is 12.1 Å². The summed E-state index contributed by atoms with van der Waals surface area (Å²) < 4.78 is 12.9. The molecule has 0 saturated heterocycles. The molecule has 0 unspecified atom stereocenters. The first kappa shape index (κ1) is 14.2. The van der Waals surface area contributed by atoms with Crippen LogP contribution in [-0.2, 0) is 0 Å². The Balaban J connectivity index is 2.20. The number of rotatable bonds is 4. The van der Waals surface area contributed by atoms with Gasteiger partial charge in [0.15, 0.2) is 0 Å². The number of aromatic nitrogens is 2. The maximum Gasteiger partial charge on any atom is 0.255 e. The van der Waals surface area contributed by atoms with Crippen LogP contribution in [0.2, 0.25) is 0 Å². The maximum absolute atomic E-state index is 12.9. The smallest absolute Gasteiger partial charge is 0.255 e. The lowest BCUT2D eigenvalue weighted by Crippen LogP contribution is -2.45. The van der Waals surface area contributed by atoms with Crippen molar-refractivity contribution in [2.75, 3.05) is 6.54 Å². The van der Waals surface area contributed by atoms with E-state index in [0.29, 0.717) is 23.4 Å². The van der Waals surface area contributed by atoms with Crippen molar-refractivity contribution in [3.8, 4) is 11.3 Å². The number of nitrogens with zero attached hydrogens (tertiary/aromatic N) is 1. The van der Waals surface area contributed by atoms with Crippen LogP contribution in [0.15, 0.2) is 30.5 Å². The molecular weight excluding hydrogens is 259 g/mol. The Morgan fingerprint density at radius 2 is 2.05 bits per heavy atom. The number of carbonyl (C=O) groups is 1. The molecule has 0 fully saturated rings.